The lowest BCUT2D eigenvalue weighted by molar-refractivity contribution is 0.0526. The van der Waals surface area contributed by atoms with E-state index in [4.69, 9.17) is 16.3 Å². The molecule has 1 N–H and O–H groups in total. The van der Waals surface area contributed by atoms with Crippen LogP contribution in [0.1, 0.15) is 22.8 Å². The van der Waals surface area contributed by atoms with E-state index >= 15 is 0 Å². The van der Waals surface area contributed by atoms with E-state index in [-0.39, 0.29) is 28.6 Å². The van der Waals surface area contributed by atoms with Crippen molar-refractivity contribution in [3.63, 3.8) is 0 Å². The quantitative estimate of drug-likeness (QED) is 0.810. The van der Waals surface area contributed by atoms with Crippen LogP contribution in [0.5, 0.6) is 0 Å². The van der Waals surface area contributed by atoms with Gasteiger partial charge in [-0.25, -0.2) is 17.9 Å². The minimum atomic E-state index is -3.78. The lowest BCUT2D eigenvalue weighted by Crippen LogP contribution is -2.23. The van der Waals surface area contributed by atoms with Crippen LogP contribution in [0.2, 0.25) is 5.02 Å². The van der Waals surface area contributed by atoms with Crippen LogP contribution in [-0.2, 0) is 21.3 Å². The molecule has 0 aliphatic rings. The Balaban J connectivity index is 2.18. The molecule has 0 aromatic heterocycles. The lowest BCUT2D eigenvalue weighted by Gasteiger charge is -2.10. The number of ether oxygens (including phenoxy) is 1. The van der Waals surface area contributed by atoms with Crippen LogP contribution in [-0.4, -0.2) is 21.0 Å². The SMILES string of the molecule is CCOC(=O)c1ccc(S(=O)(=O)NCc2ccccc2)c(Cl)c1. The van der Waals surface area contributed by atoms with Gasteiger partial charge in [0.15, 0.2) is 0 Å². The highest BCUT2D eigenvalue weighted by Crippen LogP contribution is 2.23. The molecule has 0 saturated carbocycles. The molecule has 0 atom stereocenters. The predicted octanol–water partition coefficient (Wildman–Crippen LogP) is 3.00. The number of carbonyl (C=O) groups is 1. The highest BCUT2D eigenvalue weighted by atomic mass is 35.5. The van der Waals surface area contributed by atoms with Gasteiger partial charge in [-0.3, -0.25) is 0 Å². The zero-order chi connectivity index (χ0) is 16.9. The third-order valence-electron chi connectivity index (χ3n) is 3.04. The van der Waals surface area contributed by atoms with Gasteiger partial charge in [0, 0.05) is 6.54 Å². The molecule has 7 heteroatoms. The van der Waals surface area contributed by atoms with Gasteiger partial charge in [-0.2, -0.15) is 0 Å². The maximum Gasteiger partial charge on any atom is 0.338 e. The second kappa shape index (κ2) is 7.59. The third-order valence-corrected chi connectivity index (χ3v) is 4.93. The first-order chi connectivity index (χ1) is 10.9. The summed E-state index contributed by atoms with van der Waals surface area (Å²) in [5.41, 5.74) is 1.04. The van der Waals surface area contributed by atoms with Gasteiger partial charge in [0.05, 0.1) is 17.2 Å². The van der Waals surface area contributed by atoms with Crippen LogP contribution in [0.25, 0.3) is 0 Å². The molecule has 0 aliphatic heterocycles. The molecule has 5 nitrogen and oxygen atoms in total. The van der Waals surface area contributed by atoms with E-state index in [0.717, 1.165) is 5.56 Å². The van der Waals surface area contributed by atoms with Gasteiger partial charge in [-0.05, 0) is 30.7 Å². The molecule has 2 rings (SSSR count). The molecular weight excluding hydrogens is 338 g/mol. The van der Waals surface area contributed by atoms with Gasteiger partial charge in [0.25, 0.3) is 0 Å². The number of hydrogen-bond donors (Lipinski definition) is 1. The first kappa shape index (κ1) is 17.5. The monoisotopic (exact) mass is 353 g/mol. The summed E-state index contributed by atoms with van der Waals surface area (Å²) in [5.74, 6) is -0.546. The van der Waals surface area contributed by atoms with E-state index in [9.17, 15) is 13.2 Å². The third kappa shape index (κ3) is 4.54. The molecule has 2 aromatic rings. The Bertz CT molecular complexity index is 791. The van der Waals surface area contributed by atoms with Gasteiger partial charge in [-0.15, -0.1) is 0 Å². The number of hydrogen-bond acceptors (Lipinski definition) is 4. The Morgan fingerprint density at radius 3 is 2.48 bits per heavy atom. The highest BCUT2D eigenvalue weighted by molar-refractivity contribution is 7.89. The van der Waals surface area contributed by atoms with Gasteiger partial charge in [0.2, 0.25) is 10.0 Å². The topological polar surface area (TPSA) is 72.5 Å². The molecule has 0 bridgehead atoms. The zero-order valence-corrected chi connectivity index (χ0v) is 14.0. The zero-order valence-electron chi connectivity index (χ0n) is 12.5. The van der Waals surface area contributed by atoms with Crippen molar-refractivity contribution in [1.82, 2.24) is 4.72 Å². The molecule has 0 spiro atoms. The average Bonchev–Trinajstić information content (AvgIpc) is 2.54. The molecule has 0 amide bonds. The molecule has 0 heterocycles. The normalized spacial score (nSPS) is 11.2. The Labute approximate surface area is 140 Å². The summed E-state index contributed by atoms with van der Waals surface area (Å²) >= 11 is 6.01. The number of halogens is 1. The summed E-state index contributed by atoms with van der Waals surface area (Å²) < 4.78 is 32.0. The minimum Gasteiger partial charge on any atom is -0.462 e. The molecule has 0 saturated heterocycles. The van der Waals surface area contributed by atoms with Crippen molar-refractivity contribution in [1.29, 1.82) is 0 Å². The fraction of sp³-hybridized carbons (Fsp3) is 0.188. The Hall–Kier alpha value is -1.89. The van der Waals surface area contributed by atoms with Crippen LogP contribution in [0, 0.1) is 0 Å². The van der Waals surface area contributed by atoms with E-state index in [1.807, 2.05) is 30.3 Å². The fourth-order valence-electron chi connectivity index (χ4n) is 1.91. The van der Waals surface area contributed by atoms with Crippen LogP contribution >= 0.6 is 11.6 Å². The Morgan fingerprint density at radius 1 is 1.17 bits per heavy atom. The first-order valence-electron chi connectivity index (χ1n) is 6.94. The van der Waals surface area contributed by atoms with Crippen molar-refractivity contribution in [2.45, 2.75) is 18.4 Å². The van der Waals surface area contributed by atoms with E-state index in [0.29, 0.717) is 0 Å². The second-order valence-electron chi connectivity index (χ2n) is 4.68. The van der Waals surface area contributed by atoms with E-state index < -0.39 is 16.0 Å². The number of benzene rings is 2. The number of nitrogens with one attached hydrogen (secondary N) is 1. The smallest absolute Gasteiger partial charge is 0.338 e. The van der Waals surface area contributed by atoms with Crippen molar-refractivity contribution >= 4 is 27.6 Å². The lowest BCUT2D eigenvalue weighted by atomic mass is 10.2. The number of sulfonamides is 1. The molecular formula is C16H16ClNO4S. The molecule has 0 unspecified atom stereocenters. The van der Waals surface area contributed by atoms with Crippen molar-refractivity contribution in [3.8, 4) is 0 Å². The Morgan fingerprint density at radius 2 is 1.87 bits per heavy atom. The summed E-state index contributed by atoms with van der Waals surface area (Å²) in [6.07, 6.45) is 0. The van der Waals surface area contributed by atoms with Crippen molar-refractivity contribution in [2.24, 2.45) is 0 Å². The van der Waals surface area contributed by atoms with E-state index in [2.05, 4.69) is 4.72 Å². The predicted molar refractivity (Wildman–Crippen MR) is 87.9 cm³/mol. The Kier molecular flexibility index (Phi) is 5.76. The van der Waals surface area contributed by atoms with Crippen LogP contribution in [0.3, 0.4) is 0 Å². The first-order valence-corrected chi connectivity index (χ1v) is 8.80. The van der Waals surface area contributed by atoms with Crippen molar-refractivity contribution < 1.29 is 17.9 Å². The number of esters is 1. The highest BCUT2D eigenvalue weighted by Gasteiger charge is 2.19. The average molecular weight is 354 g/mol. The van der Waals surface area contributed by atoms with Gasteiger partial charge >= 0.3 is 5.97 Å². The van der Waals surface area contributed by atoms with Crippen molar-refractivity contribution in [2.75, 3.05) is 6.61 Å². The molecule has 0 aliphatic carbocycles. The molecule has 122 valence electrons. The van der Waals surface area contributed by atoms with Gasteiger partial charge < -0.3 is 4.74 Å². The van der Waals surface area contributed by atoms with Crippen LogP contribution in [0.4, 0.5) is 0 Å². The maximum atomic E-state index is 12.3. The molecule has 0 fully saturated rings. The second-order valence-corrected chi connectivity index (χ2v) is 6.82. The largest absolute Gasteiger partial charge is 0.462 e. The molecule has 2 aromatic carbocycles. The summed E-state index contributed by atoms with van der Waals surface area (Å²) in [6, 6.07) is 13.1. The number of carbonyl (C=O) groups excluding carboxylic acids is 1. The number of rotatable bonds is 6. The summed E-state index contributed by atoms with van der Waals surface area (Å²) in [7, 11) is -3.78. The molecule has 23 heavy (non-hydrogen) atoms. The maximum absolute atomic E-state index is 12.3. The van der Waals surface area contributed by atoms with E-state index in [1.54, 1.807) is 6.92 Å². The van der Waals surface area contributed by atoms with E-state index in [1.165, 1.54) is 18.2 Å². The van der Waals surface area contributed by atoms with Gasteiger partial charge in [0.1, 0.15) is 4.90 Å². The van der Waals surface area contributed by atoms with Crippen molar-refractivity contribution in [3.05, 3.63) is 64.7 Å². The summed E-state index contributed by atoms with van der Waals surface area (Å²) in [4.78, 5) is 11.5. The minimum absolute atomic E-state index is 0.0314. The standard InChI is InChI=1S/C16H16ClNO4S/c1-2-22-16(19)13-8-9-15(14(17)10-13)23(20,21)18-11-12-6-4-3-5-7-12/h3-10,18H,2,11H2,1H3. The fourth-order valence-corrected chi connectivity index (χ4v) is 3.47. The summed E-state index contributed by atoms with van der Waals surface area (Å²) in [5, 5.41) is -0.0314. The molecule has 0 radical (unpaired) electrons. The summed E-state index contributed by atoms with van der Waals surface area (Å²) in [6.45, 7) is 2.07. The van der Waals surface area contributed by atoms with Gasteiger partial charge in [-0.1, -0.05) is 41.9 Å². The van der Waals surface area contributed by atoms with Crippen LogP contribution in [0.15, 0.2) is 53.4 Å². The van der Waals surface area contributed by atoms with Crippen LogP contribution < -0.4 is 4.72 Å².